The second kappa shape index (κ2) is 7.37. The molecule has 0 bridgehead atoms. The van der Waals surface area contributed by atoms with Gasteiger partial charge in [0, 0.05) is 18.1 Å². The largest absolute Gasteiger partial charge is 0.507 e. The van der Waals surface area contributed by atoms with Crippen LogP contribution in [0.2, 0.25) is 5.02 Å². The molecule has 1 N–H and O–H groups in total. The van der Waals surface area contributed by atoms with Crippen LogP contribution in [0.3, 0.4) is 0 Å². The molecule has 2 aliphatic heterocycles. The van der Waals surface area contributed by atoms with Gasteiger partial charge >= 0.3 is 0 Å². The van der Waals surface area contributed by atoms with Gasteiger partial charge in [0.1, 0.15) is 11.5 Å². The lowest BCUT2D eigenvalue weighted by molar-refractivity contribution is 0.101. The summed E-state index contributed by atoms with van der Waals surface area (Å²) in [6.07, 6.45) is 4.04. The number of halogens is 1. The average molecular weight is 384 g/mol. The van der Waals surface area contributed by atoms with E-state index in [4.69, 9.17) is 16.3 Å². The van der Waals surface area contributed by atoms with Gasteiger partial charge in [0.2, 0.25) is 5.78 Å². The Morgan fingerprint density at radius 1 is 1.30 bits per heavy atom. The van der Waals surface area contributed by atoms with Crippen LogP contribution < -0.4 is 4.74 Å². The van der Waals surface area contributed by atoms with E-state index in [1.807, 2.05) is 18.2 Å². The van der Waals surface area contributed by atoms with Crippen LogP contribution in [-0.4, -0.2) is 28.9 Å². The van der Waals surface area contributed by atoms with Crippen LogP contribution in [0, 0.1) is 5.92 Å². The van der Waals surface area contributed by atoms with Crippen LogP contribution in [0.25, 0.3) is 6.08 Å². The maximum atomic E-state index is 12.8. The van der Waals surface area contributed by atoms with Crippen LogP contribution in [0.15, 0.2) is 42.2 Å². The molecular formula is C22H22ClNO3. The molecule has 27 heavy (non-hydrogen) atoms. The number of nitrogens with zero attached hydrogens (tertiary/aromatic N) is 1. The number of ether oxygens (including phenoxy) is 1. The first kappa shape index (κ1) is 18.1. The molecule has 1 saturated heterocycles. The molecule has 2 aromatic rings. The van der Waals surface area contributed by atoms with Crippen LogP contribution in [0.1, 0.15) is 41.3 Å². The van der Waals surface area contributed by atoms with Crippen molar-refractivity contribution in [3.8, 4) is 11.5 Å². The fraction of sp³-hybridized carbons (Fsp3) is 0.318. The summed E-state index contributed by atoms with van der Waals surface area (Å²) in [6.45, 7) is 4.79. The molecule has 0 spiro atoms. The number of benzene rings is 2. The molecule has 140 valence electrons. The predicted molar refractivity (Wildman–Crippen MR) is 106 cm³/mol. The molecule has 2 heterocycles. The number of hydrogen-bond acceptors (Lipinski definition) is 4. The fourth-order valence-electron chi connectivity index (χ4n) is 3.84. The number of carbonyl (C=O) groups excluding carboxylic acids is 1. The third kappa shape index (κ3) is 3.60. The van der Waals surface area contributed by atoms with Gasteiger partial charge in [0.15, 0.2) is 5.76 Å². The van der Waals surface area contributed by atoms with Crippen LogP contribution >= 0.6 is 11.6 Å². The topological polar surface area (TPSA) is 49.8 Å². The highest BCUT2D eigenvalue weighted by molar-refractivity contribution is 6.32. The molecular weight excluding hydrogens is 362 g/mol. The van der Waals surface area contributed by atoms with Crippen molar-refractivity contribution >= 4 is 23.5 Å². The Labute approximate surface area is 164 Å². The van der Waals surface area contributed by atoms with Gasteiger partial charge in [-0.05, 0) is 55.1 Å². The first-order chi connectivity index (χ1) is 13.0. The van der Waals surface area contributed by atoms with Gasteiger partial charge in [-0.2, -0.15) is 0 Å². The number of phenolic OH excluding ortho intramolecular Hbond substituents is 1. The molecule has 1 fully saturated rings. The number of piperidine rings is 1. The Balaban J connectivity index is 1.66. The van der Waals surface area contributed by atoms with Gasteiger partial charge in [0.05, 0.1) is 11.1 Å². The van der Waals surface area contributed by atoms with Crippen molar-refractivity contribution in [2.75, 3.05) is 13.1 Å². The Bertz CT molecular complexity index is 922. The standard InChI is InChI=1S/C22H22ClNO3/c1-14-5-4-10-24(12-14)13-17-19(25)9-8-16-21(26)20(27-22(16)17)11-15-6-2-3-7-18(15)23/h2-3,6-9,11,14,25H,4-5,10,12-13H2,1H3/b20-11+. The minimum Gasteiger partial charge on any atom is -0.507 e. The Kier molecular flexibility index (Phi) is 4.94. The summed E-state index contributed by atoms with van der Waals surface area (Å²) in [5.74, 6) is 1.32. The van der Waals surface area contributed by atoms with E-state index in [9.17, 15) is 9.90 Å². The first-order valence-corrected chi connectivity index (χ1v) is 9.66. The molecule has 0 radical (unpaired) electrons. The maximum absolute atomic E-state index is 12.8. The minimum atomic E-state index is -0.182. The van der Waals surface area contributed by atoms with Crippen molar-refractivity contribution in [1.29, 1.82) is 0 Å². The molecule has 4 rings (SSSR count). The number of rotatable bonds is 3. The number of phenols is 1. The highest BCUT2D eigenvalue weighted by Crippen LogP contribution is 2.40. The predicted octanol–water partition coefficient (Wildman–Crippen LogP) is 4.89. The van der Waals surface area contributed by atoms with E-state index < -0.39 is 0 Å². The van der Waals surface area contributed by atoms with Crippen molar-refractivity contribution in [2.45, 2.75) is 26.3 Å². The van der Waals surface area contributed by atoms with Gasteiger partial charge in [-0.1, -0.05) is 36.7 Å². The lowest BCUT2D eigenvalue weighted by Gasteiger charge is -2.31. The molecule has 2 aliphatic rings. The van der Waals surface area contributed by atoms with Crippen molar-refractivity contribution < 1.29 is 14.6 Å². The molecule has 1 atom stereocenters. The smallest absolute Gasteiger partial charge is 0.231 e. The molecule has 0 aromatic heterocycles. The molecule has 0 aliphatic carbocycles. The van der Waals surface area contributed by atoms with Gasteiger partial charge < -0.3 is 9.84 Å². The third-order valence-corrected chi connectivity index (χ3v) is 5.58. The lowest BCUT2D eigenvalue weighted by Crippen LogP contribution is -2.33. The minimum absolute atomic E-state index is 0.166. The van der Waals surface area contributed by atoms with E-state index in [0.29, 0.717) is 34.4 Å². The average Bonchev–Trinajstić information content (AvgIpc) is 2.96. The summed E-state index contributed by atoms with van der Waals surface area (Å²) in [5, 5.41) is 11.0. The van der Waals surface area contributed by atoms with Crippen molar-refractivity contribution in [2.24, 2.45) is 5.92 Å². The Morgan fingerprint density at radius 2 is 2.11 bits per heavy atom. The highest BCUT2D eigenvalue weighted by atomic mass is 35.5. The lowest BCUT2D eigenvalue weighted by atomic mass is 9.99. The molecule has 5 heteroatoms. The monoisotopic (exact) mass is 383 g/mol. The molecule has 1 unspecified atom stereocenters. The van der Waals surface area contributed by atoms with Crippen molar-refractivity contribution in [3.63, 3.8) is 0 Å². The van der Waals surface area contributed by atoms with Gasteiger partial charge in [-0.3, -0.25) is 9.69 Å². The summed E-state index contributed by atoms with van der Waals surface area (Å²) in [6, 6.07) is 10.5. The zero-order valence-corrected chi connectivity index (χ0v) is 16.0. The van der Waals surface area contributed by atoms with E-state index in [0.717, 1.165) is 25.1 Å². The fourth-order valence-corrected chi connectivity index (χ4v) is 4.03. The summed E-state index contributed by atoms with van der Waals surface area (Å²) in [5.41, 5.74) is 1.90. The number of aromatic hydroxyl groups is 1. The molecule has 2 aromatic carbocycles. The van der Waals surface area contributed by atoms with Gasteiger partial charge in [0.25, 0.3) is 0 Å². The summed E-state index contributed by atoms with van der Waals surface area (Å²) in [7, 11) is 0. The number of carbonyl (C=O) groups is 1. The Morgan fingerprint density at radius 3 is 2.89 bits per heavy atom. The zero-order chi connectivity index (χ0) is 19.0. The molecule has 0 saturated carbocycles. The number of ketones is 1. The van der Waals surface area contributed by atoms with Gasteiger partial charge in [-0.15, -0.1) is 0 Å². The van der Waals surface area contributed by atoms with Gasteiger partial charge in [-0.25, -0.2) is 0 Å². The highest BCUT2D eigenvalue weighted by Gasteiger charge is 2.32. The van der Waals surface area contributed by atoms with Crippen molar-refractivity contribution in [1.82, 2.24) is 4.90 Å². The second-order valence-corrected chi connectivity index (χ2v) is 7.79. The summed E-state index contributed by atoms with van der Waals surface area (Å²) >= 11 is 6.20. The normalized spacial score (nSPS) is 21.3. The van der Waals surface area contributed by atoms with E-state index in [2.05, 4.69) is 11.8 Å². The first-order valence-electron chi connectivity index (χ1n) is 9.29. The van der Waals surface area contributed by atoms with Crippen LogP contribution in [0.4, 0.5) is 0 Å². The van der Waals surface area contributed by atoms with E-state index >= 15 is 0 Å². The Hall–Kier alpha value is -2.30. The van der Waals surface area contributed by atoms with E-state index in [-0.39, 0.29) is 17.3 Å². The van der Waals surface area contributed by atoms with Crippen LogP contribution in [0.5, 0.6) is 11.5 Å². The second-order valence-electron chi connectivity index (χ2n) is 7.38. The number of allylic oxidation sites excluding steroid dienone is 1. The van der Waals surface area contributed by atoms with E-state index in [1.54, 1.807) is 24.3 Å². The zero-order valence-electron chi connectivity index (χ0n) is 15.2. The summed E-state index contributed by atoms with van der Waals surface area (Å²) < 4.78 is 5.92. The molecule has 0 amide bonds. The number of Topliss-reactive ketones (excluding diaryl/α,β-unsaturated/α-hetero) is 1. The number of fused-ring (bicyclic) bond motifs is 1. The molecule has 4 nitrogen and oxygen atoms in total. The summed E-state index contributed by atoms with van der Waals surface area (Å²) in [4.78, 5) is 15.1. The number of hydrogen-bond donors (Lipinski definition) is 1. The SMILES string of the molecule is CC1CCCN(Cc2c(O)ccc3c2O/C(=C/c2ccccc2Cl)C3=O)C1. The quantitative estimate of drug-likeness (QED) is 0.766. The van der Waals surface area contributed by atoms with Crippen molar-refractivity contribution in [3.05, 3.63) is 63.9 Å². The maximum Gasteiger partial charge on any atom is 0.231 e. The number of likely N-dealkylation sites (tertiary alicyclic amines) is 1. The van der Waals surface area contributed by atoms with Crippen LogP contribution in [-0.2, 0) is 6.54 Å². The van der Waals surface area contributed by atoms with E-state index in [1.165, 1.54) is 6.42 Å². The third-order valence-electron chi connectivity index (χ3n) is 5.23.